The molecule has 0 saturated carbocycles. The molecule has 2 rings (SSSR count). The number of anilines is 2. The number of rotatable bonds is 3. The van der Waals surface area contributed by atoms with Gasteiger partial charge in [-0.05, 0) is 49.7 Å². The molecule has 2 amide bonds. The van der Waals surface area contributed by atoms with Crippen LogP contribution in [0.2, 0.25) is 5.02 Å². The Kier molecular flexibility index (Phi) is 4.70. The number of amides is 2. The van der Waals surface area contributed by atoms with Gasteiger partial charge in [-0.15, -0.1) is 0 Å². The van der Waals surface area contributed by atoms with Gasteiger partial charge in [-0.25, -0.2) is 4.79 Å². The molecule has 0 fully saturated rings. The van der Waals surface area contributed by atoms with E-state index in [4.69, 9.17) is 11.6 Å². The maximum absolute atomic E-state index is 12.4. The molecule has 0 atom stereocenters. The molecule has 2 aromatic carbocycles. The van der Waals surface area contributed by atoms with Crippen molar-refractivity contribution in [2.24, 2.45) is 0 Å². The normalized spacial score (nSPS) is 10.2. The van der Waals surface area contributed by atoms with Gasteiger partial charge in [0.25, 0.3) is 0 Å². The van der Waals surface area contributed by atoms with Crippen molar-refractivity contribution in [3.05, 3.63) is 53.1 Å². The number of nitrogens with one attached hydrogen (secondary N) is 1. The quantitative estimate of drug-likeness (QED) is 0.882. The number of halogens is 1. The summed E-state index contributed by atoms with van der Waals surface area (Å²) in [6.07, 6.45) is 0. The highest BCUT2D eigenvalue weighted by atomic mass is 35.5. The Hall–Kier alpha value is -2.20. The highest BCUT2D eigenvalue weighted by Gasteiger charge is 2.16. The lowest BCUT2D eigenvalue weighted by Crippen LogP contribution is -2.35. The first-order chi connectivity index (χ1) is 10.0. The maximum atomic E-state index is 12.4. The molecule has 2 N–H and O–H groups in total. The molecular formula is C16H17ClN2O2. The Morgan fingerprint density at radius 2 is 1.90 bits per heavy atom. The van der Waals surface area contributed by atoms with E-state index in [-0.39, 0.29) is 11.8 Å². The molecule has 2 aromatic rings. The molecule has 21 heavy (non-hydrogen) atoms. The van der Waals surface area contributed by atoms with Gasteiger partial charge >= 0.3 is 6.03 Å². The van der Waals surface area contributed by atoms with Gasteiger partial charge in [0.15, 0.2) is 0 Å². The lowest BCUT2D eigenvalue weighted by molar-refractivity contribution is 0.257. The Labute approximate surface area is 129 Å². The third-order valence-corrected chi connectivity index (χ3v) is 3.39. The summed E-state index contributed by atoms with van der Waals surface area (Å²) in [5.41, 5.74) is 2.27. The van der Waals surface area contributed by atoms with Crippen LogP contribution in [0, 0.1) is 6.92 Å². The number of carbonyl (C=O) groups excluding carboxylic acids is 1. The van der Waals surface area contributed by atoms with Crippen LogP contribution in [0.1, 0.15) is 12.5 Å². The van der Waals surface area contributed by atoms with Crippen LogP contribution >= 0.6 is 11.6 Å². The van der Waals surface area contributed by atoms with E-state index in [1.807, 2.05) is 13.8 Å². The number of phenolic OH excluding ortho intramolecular Hbond substituents is 1. The number of aromatic hydroxyl groups is 1. The average Bonchev–Trinajstić information content (AvgIpc) is 2.46. The van der Waals surface area contributed by atoms with Gasteiger partial charge in [0, 0.05) is 23.3 Å². The Morgan fingerprint density at radius 3 is 2.52 bits per heavy atom. The molecule has 0 saturated heterocycles. The molecular weight excluding hydrogens is 288 g/mol. The summed E-state index contributed by atoms with van der Waals surface area (Å²) < 4.78 is 0. The number of nitrogens with zero attached hydrogens (tertiary/aromatic N) is 1. The van der Waals surface area contributed by atoms with Crippen LogP contribution in [0.3, 0.4) is 0 Å². The van der Waals surface area contributed by atoms with Crippen LogP contribution in [0.4, 0.5) is 16.2 Å². The number of carbonyl (C=O) groups is 1. The van der Waals surface area contributed by atoms with Crippen molar-refractivity contribution < 1.29 is 9.90 Å². The zero-order valence-corrected chi connectivity index (χ0v) is 12.7. The van der Waals surface area contributed by atoms with E-state index in [0.717, 1.165) is 5.56 Å². The van der Waals surface area contributed by atoms with E-state index in [1.54, 1.807) is 47.4 Å². The lowest BCUT2D eigenvalue weighted by atomic mass is 10.1. The first-order valence-corrected chi connectivity index (χ1v) is 7.02. The van der Waals surface area contributed by atoms with Crippen LogP contribution < -0.4 is 10.2 Å². The molecule has 0 aliphatic rings. The third-order valence-electron chi connectivity index (χ3n) is 3.14. The SMILES string of the molecule is CCN(C(=O)Nc1ccc(Cl)cc1)c1cc(O)ccc1C. The average molecular weight is 305 g/mol. The topological polar surface area (TPSA) is 52.6 Å². The summed E-state index contributed by atoms with van der Waals surface area (Å²) in [5, 5.41) is 13.0. The van der Waals surface area contributed by atoms with Crippen molar-refractivity contribution in [2.45, 2.75) is 13.8 Å². The summed E-state index contributed by atoms with van der Waals surface area (Å²) in [5.74, 6) is 0.133. The smallest absolute Gasteiger partial charge is 0.326 e. The summed E-state index contributed by atoms with van der Waals surface area (Å²) in [4.78, 5) is 14.0. The number of phenols is 1. The Morgan fingerprint density at radius 1 is 1.24 bits per heavy atom. The van der Waals surface area contributed by atoms with E-state index in [2.05, 4.69) is 5.32 Å². The number of urea groups is 1. The molecule has 0 heterocycles. The Balaban J connectivity index is 2.22. The highest BCUT2D eigenvalue weighted by Crippen LogP contribution is 2.25. The fourth-order valence-electron chi connectivity index (χ4n) is 2.04. The third kappa shape index (κ3) is 3.67. The predicted molar refractivity (Wildman–Crippen MR) is 86.3 cm³/mol. The van der Waals surface area contributed by atoms with Gasteiger partial charge in [-0.3, -0.25) is 4.90 Å². The molecule has 0 aromatic heterocycles. The number of benzene rings is 2. The van der Waals surface area contributed by atoms with Crippen molar-refractivity contribution >= 4 is 29.0 Å². The molecule has 0 aliphatic heterocycles. The summed E-state index contributed by atoms with van der Waals surface area (Å²) >= 11 is 5.82. The highest BCUT2D eigenvalue weighted by molar-refractivity contribution is 6.30. The van der Waals surface area contributed by atoms with E-state index in [1.165, 1.54) is 0 Å². The number of hydrogen-bond acceptors (Lipinski definition) is 2. The standard InChI is InChI=1S/C16H17ClN2O2/c1-3-19(15-10-14(20)9-4-11(15)2)16(21)18-13-7-5-12(17)6-8-13/h4-10,20H,3H2,1-2H3,(H,18,21). The van der Waals surface area contributed by atoms with Crippen LogP contribution in [0.25, 0.3) is 0 Å². The monoisotopic (exact) mass is 304 g/mol. The minimum absolute atomic E-state index is 0.133. The van der Waals surface area contributed by atoms with Gasteiger partial charge < -0.3 is 10.4 Å². The molecule has 4 nitrogen and oxygen atoms in total. The van der Waals surface area contributed by atoms with Gasteiger partial charge in [0.1, 0.15) is 5.75 Å². The fraction of sp³-hybridized carbons (Fsp3) is 0.188. The van der Waals surface area contributed by atoms with Crippen LogP contribution in [0.15, 0.2) is 42.5 Å². The van der Waals surface area contributed by atoms with Crippen LogP contribution in [-0.4, -0.2) is 17.7 Å². The molecule has 0 radical (unpaired) electrons. The lowest BCUT2D eigenvalue weighted by Gasteiger charge is -2.23. The fourth-order valence-corrected chi connectivity index (χ4v) is 2.16. The van der Waals surface area contributed by atoms with Crippen molar-refractivity contribution in [1.29, 1.82) is 0 Å². The zero-order chi connectivity index (χ0) is 15.4. The molecule has 0 aliphatic carbocycles. The van der Waals surface area contributed by atoms with E-state index < -0.39 is 0 Å². The summed E-state index contributed by atoms with van der Waals surface area (Å²) in [7, 11) is 0. The summed E-state index contributed by atoms with van der Waals surface area (Å²) in [6, 6.07) is 11.6. The molecule has 0 unspecified atom stereocenters. The summed E-state index contributed by atoms with van der Waals surface area (Å²) in [6.45, 7) is 4.27. The number of hydrogen-bond donors (Lipinski definition) is 2. The van der Waals surface area contributed by atoms with Gasteiger partial charge in [0.05, 0.1) is 5.69 Å². The molecule has 5 heteroatoms. The number of aryl methyl sites for hydroxylation is 1. The van der Waals surface area contributed by atoms with Crippen LogP contribution in [0.5, 0.6) is 5.75 Å². The van der Waals surface area contributed by atoms with E-state index >= 15 is 0 Å². The largest absolute Gasteiger partial charge is 0.508 e. The van der Waals surface area contributed by atoms with Crippen molar-refractivity contribution in [1.82, 2.24) is 0 Å². The zero-order valence-electron chi connectivity index (χ0n) is 11.9. The van der Waals surface area contributed by atoms with Crippen molar-refractivity contribution in [2.75, 3.05) is 16.8 Å². The van der Waals surface area contributed by atoms with Crippen molar-refractivity contribution in [3.8, 4) is 5.75 Å². The molecule has 110 valence electrons. The second-order valence-corrected chi connectivity index (χ2v) is 5.09. The Bertz CT molecular complexity index is 641. The molecule has 0 bridgehead atoms. The molecule has 0 spiro atoms. The second-order valence-electron chi connectivity index (χ2n) is 4.65. The first-order valence-electron chi connectivity index (χ1n) is 6.65. The van der Waals surface area contributed by atoms with E-state index in [9.17, 15) is 9.90 Å². The minimum Gasteiger partial charge on any atom is -0.508 e. The maximum Gasteiger partial charge on any atom is 0.326 e. The van der Waals surface area contributed by atoms with Crippen molar-refractivity contribution in [3.63, 3.8) is 0 Å². The van der Waals surface area contributed by atoms with Crippen LogP contribution in [-0.2, 0) is 0 Å². The second kappa shape index (κ2) is 6.50. The minimum atomic E-state index is -0.256. The first kappa shape index (κ1) is 15.2. The predicted octanol–water partition coefficient (Wildman–Crippen LogP) is 4.41. The van der Waals surface area contributed by atoms with Gasteiger partial charge in [-0.1, -0.05) is 17.7 Å². The van der Waals surface area contributed by atoms with E-state index in [0.29, 0.717) is 22.9 Å². The van der Waals surface area contributed by atoms with Gasteiger partial charge in [-0.2, -0.15) is 0 Å². The van der Waals surface area contributed by atoms with Gasteiger partial charge in [0.2, 0.25) is 0 Å².